The first kappa shape index (κ1) is 15.4. The highest BCUT2D eigenvalue weighted by molar-refractivity contribution is 5.84. The fourth-order valence-electron chi connectivity index (χ4n) is 3.58. The van der Waals surface area contributed by atoms with Crippen LogP contribution in [-0.4, -0.2) is 31.6 Å². The highest BCUT2D eigenvalue weighted by Crippen LogP contribution is 2.36. The maximum Gasteiger partial charge on any atom is 0.223 e. The van der Waals surface area contributed by atoms with E-state index in [1.165, 1.54) is 6.07 Å². The summed E-state index contributed by atoms with van der Waals surface area (Å²) in [6.07, 6.45) is 11.7. The minimum Gasteiger partial charge on any atom is -0.351 e. The van der Waals surface area contributed by atoms with Crippen molar-refractivity contribution in [3.8, 4) is 0 Å². The van der Waals surface area contributed by atoms with Gasteiger partial charge in [0.25, 0.3) is 0 Å². The van der Waals surface area contributed by atoms with Gasteiger partial charge in [-0.25, -0.2) is 23.7 Å². The molecule has 1 N–H and O–H groups in total. The molecule has 2 aliphatic carbocycles. The van der Waals surface area contributed by atoms with Gasteiger partial charge in [0.15, 0.2) is 11.5 Å². The largest absolute Gasteiger partial charge is 0.351 e. The number of allylic oxidation sites excluding steroid dienone is 1. The third kappa shape index (κ3) is 2.46. The van der Waals surface area contributed by atoms with E-state index in [-0.39, 0.29) is 15.2 Å². The van der Waals surface area contributed by atoms with E-state index < -0.39 is 5.67 Å². The molecule has 0 saturated heterocycles. The van der Waals surface area contributed by atoms with Crippen LogP contribution >= 0.6 is 0 Å². The summed E-state index contributed by atoms with van der Waals surface area (Å²) in [6, 6.07) is 1.48. The van der Waals surface area contributed by atoms with E-state index in [4.69, 9.17) is 0 Å². The highest BCUT2D eigenvalue weighted by Gasteiger charge is 2.36. The molecule has 0 atom stereocenters. The maximum atomic E-state index is 14.2. The Morgan fingerprint density at radius 1 is 1.31 bits per heavy atom. The predicted octanol–water partition coefficient (Wildman–Crippen LogP) is 4.05. The molecule has 0 aromatic carbocycles. The normalized spacial score (nSPS) is 17.7. The predicted molar refractivity (Wildman–Crippen MR) is 98.4 cm³/mol. The standard InChI is InChI=1S/C19H17F2N5.2H2/c20-15-8-12(10-26-7-6-22-17(15)26)13-2-3-16-14(13)9-23-18(25-16)24-11-19(21)4-1-5-19;;/h2,6-10H,1,3-5,11H2,(H,23,24,25);2*1H. The van der Waals surface area contributed by atoms with E-state index in [0.717, 1.165) is 28.8 Å². The minimum absolute atomic E-state index is 0. The van der Waals surface area contributed by atoms with Gasteiger partial charge in [-0.2, -0.15) is 0 Å². The fraction of sp³-hybridized carbons (Fsp3) is 0.316. The van der Waals surface area contributed by atoms with Gasteiger partial charge < -0.3 is 9.72 Å². The molecule has 3 aromatic heterocycles. The monoisotopic (exact) mass is 357 g/mol. The molecule has 7 heteroatoms. The van der Waals surface area contributed by atoms with Crippen molar-refractivity contribution in [3.05, 3.63) is 59.6 Å². The number of nitrogens with zero attached hydrogens (tertiary/aromatic N) is 4. The van der Waals surface area contributed by atoms with Gasteiger partial charge in [0, 0.05) is 45.2 Å². The summed E-state index contributed by atoms with van der Waals surface area (Å²) in [5.41, 5.74) is 2.59. The van der Waals surface area contributed by atoms with Crippen LogP contribution in [0, 0.1) is 5.82 Å². The molecule has 3 heterocycles. The number of hydrogen-bond donors (Lipinski definition) is 1. The molecule has 2 aliphatic rings. The number of fused-ring (bicyclic) bond motifs is 2. The van der Waals surface area contributed by atoms with Gasteiger partial charge in [0.1, 0.15) is 5.67 Å². The zero-order valence-corrected chi connectivity index (χ0v) is 14.0. The Balaban J connectivity index is 0.00000112. The Kier molecular flexibility index (Phi) is 3.32. The number of rotatable bonds is 4. The number of alkyl halides is 1. The molecule has 0 amide bonds. The van der Waals surface area contributed by atoms with Crippen LogP contribution in [0.1, 0.15) is 38.9 Å². The van der Waals surface area contributed by atoms with E-state index in [0.29, 0.717) is 30.9 Å². The van der Waals surface area contributed by atoms with Crippen LogP contribution < -0.4 is 5.32 Å². The van der Waals surface area contributed by atoms with Crippen molar-refractivity contribution in [2.75, 3.05) is 11.9 Å². The van der Waals surface area contributed by atoms with Crippen LogP contribution in [-0.2, 0) is 6.42 Å². The molecule has 1 fully saturated rings. The van der Waals surface area contributed by atoms with Gasteiger partial charge in [-0.15, -0.1) is 0 Å². The molecule has 0 aliphatic heterocycles. The van der Waals surface area contributed by atoms with Crippen LogP contribution in [0.25, 0.3) is 11.2 Å². The van der Waals surface area contributed by atoms with Crippen molar-refractivity contribution in [2.24, 2.45) is 0 Å². The second-order valence-electron chi connectivity index (χ2n) is 6.97. The first-order chi connectivity index (χ1) is 12.6. The molecule has 136 valence electrons. The van der Waals surface area contributed by atoms with Crippen molar-refractivity contribution in [3.63, 3.8) is 0 Å². The summed E-state index contributed by atoms with van der Waals surface area (Å²) in [5, 5.41) is 3.01. The first-order valence-electron chi connectivity index (χ1n) is 8.73. The lowest BCUT2D eigenvalue weighted by Crippen LogP contribution is -2.39. The number of halogens is 2. The fourth-order valence-corrected chi connectivity index (χ4v) is 3.58. The lowest BCUT2D eigenvalue weighted by Gasteiger charge is -2.33. The average Bonchev–Trinajstić information content (AvgIpc) is 3.24. The lowest BCUT2D eigenvalue weighted by molar-refractivity contribution is 0.0782. The smallest absolute Gasteiger partial charge is 0.223 e. The molecule has 0 radical (unpaired) electrons. The Morgan fingerprint density at radius 2 is 2.19 bits per heavy atom. The van der Waals surface area contributed by atoms with Gasteiger partial charge in [-0.05, 0) is 30.9 Å². The van der Waals surface area contributed by atoms with Crippen molar-refractivity contribution in [1.82, 2.24) is 19.4 Å². The summed E-state index contributed by atoms with van der Waals surface area (Å²) < 4.78 is 30.0. The molecule has 0 bridgehead atoms. The average molecular weight is 357 g/mol. The van der Waals surface area contributed by atoms with E-state index in [9.17, 15) is 8.78 Å². The van der Waals surface area contributed by atoms with Crippen LogP contribution in [0.2, 0.25) is 0 Å². The van der Waals surface area contributed by atoms with Gasteiger partial charge in [-0.3, -0.25) is 0 Å². The zero-order valence-electron chi connectivity index (χ0n) is 14.0. The van der Waals surface area contributed by atoms with E-state index in [1.807, 2.05) is 12.3 Å². The SMILES string of the molecule is Fc1cc(C2=CCc3nc(NCC4(F)CCC4)ncc32)cn2ccnc12.[HH].[HH]. The molecule has 3 aromatic rings. The molecule has 0 unspecified atom stereocenters. The molecule has 26 heavy (non-hydrogen) atoms. The van der Waals surface area contributed by atoms with Crippen molar-refractivity contribution < 1.29 is 11.6 Å². The Labute approximate surface area is 151 Å². The number of pyridine rings is 1. The number of nitrogens with one attached hydrogen (secondary N) is 1. The first-order valence-corrected chi connectivity index (χ1v) is 8.73. The van der Waals surface area contributed by atoms with Crippen LogP contribution in [0.5, 0.6) is 0 Å². The molecule has 0 spiro atoms. The summed E-state index contributed by atoms with van der Waals surface area (Å²) in [5.74, 6) is 0.0772. The molecule has 1 saturated carbocycles. The molecule has 5 rings (SSSR count). The van der Waals surface area contributed by atoms with Crippen LogP contribution in [0.4, 0.5) is 14.7 Å². The van der Waals surface area contributed by atoms with Gasteiger partial charge >= 0.3 is 0 Å². The minimum atomic E-state index is -1.12. The van der Waals surface area contributed by atoms with Gasteiger partial charge in [0.2, 0.25) is 5.95 Å². The topological polar surface area (TPSA) is 55.1 Å². The quantitative estimate of drug-likeness (QED) is 0.765. The van der Waals surface area contributed by atoms with Crippen LogP contribution in [0.3, 0.4) is 0 Å². The third-order valence-corrected chi connectivity index (χ3v) is 5.22. The molecular formula is C19H21F2N5. The Morgan fingerprint density at radius 3 is 3.00 bits per heavy atom. The molecule has 5 nitrogen and oxygen atoms in total. The number of anilines is 1. The van der Waals surface area contributed by atoms with E-state index in [2.05, 4.69) is 20.3 Å². The Bertz CT molecular complexity index is 1050. The summed E-state index contributed by atoms with van der Waals surface area (Å²) in [7, 11) is 0. The van der Waals surface area contributed by atoms with Gasteiger partial charge in [0.05, 0.1) is 12.2 Å². The van der Waals surface area contributed by atoms with Crippen LogP contribution in [0.15, 0.2) is 36.9 Å². The second kappa shape index (κ2) is 5.59. The summed E-state index contributed by atoms with van der Waals surface area (Å²) in [4.78, 5) is 12.8. The van der Waals surface area contributed by atoms with Crippen molar-refractivity contribution >= 4 is 17.2 Å². The zero-order chi connectivity index (χ0) is 17.7. The Hall–Kier alpha value is -2.83. The van der Waals surface area contributed by atoms with E-state index >= 15 is 0 Å². The number of aromatic nitrogens is 4. The summed E-state index contributed by atoms with van der Waals surface area (Å²) >= 11 is 0. The molecular weight excluding hydrogens is 336 g/mol. The lowest BCUT2D eigenvalue weighted by atomic mass is 9.82. The van der Waals surface area contributed by atoms with E-state index in [1.54, 1.807) is 23.0 Å². The third-order valence-electron chi connectivity index (χ3n) is 5.22. The number of hydrogen-bond acceptors (Lipinski definition) is 4. The summed E-state index contributed by atoms with van der Waals surface area (Å²) in [6.45, 7) is 0.245. The highest BCUT2D eigenvalue weighted by atomic mass is 19.1. The van der Waals surface area contributed by atoms with Crippen molar-refractivity contribution in [1.29, 1.82) is 0 Å². The second-order valence-corrected chi connectivity index (χ2v) is 6.97. The van der Waals surface area contributed by atoms with Gasteiger partial charge in [-0.1, -0.05) is 6.08 Å². The number of imidazole rings is 1. The maximum absolute atomic E-state index is 14.2. The van der Waals surface area contributed by atoms with Crippen molar-refractivity contribution in [2.45, 2.75) is 31.4 Å².